The number of hydrogen-bond donors (Lipinski definition) is 1. The second kappa shape index (κ2) is 6.10. The zero-order chi connectivity index (χ0) is 14.6. The van der Waals surface area contributed by atoms with Crippen LogP contribution >= 0.6 is 0 Å². The largest absolute Gasteiger partial charge is 0.491 e. The fourth-order valence-electron chi connectivity index (χ4n) is 2.43. The molecule has 1 atom stereocenters. The van der Waals surface area contributed by atoms with Crippen LogP contribution in [0.3, 0.4) is 0 Å². The Morgan fingerprint density at radius 2 is 1.60 bits per heavy atom. The van der Waals surface area contributed by atoms with E-state index >= 15 is 0 Å². The minimum absolute atomic E-state index is 0.0769. The monoisotopic (exact) mass is 270 g/mol. The van der Waals surface area contributed by atoms with Gasteiger partial charge in [0.05, 0.1) is 6.10 Å². The van der Waals surface area contributed by atoms with E-state index in [4.69, 9.17) is 4.74 Å². The summed E-state index contributed by atoms with van der Waals surface area (Å²) < 4.78 is 5.85. The van der Waals surface area contributed by atoms with Crippen LogP contribution in [0.2, 0.25) is 0 Å². The predicted octanol–water partition coefficient (Wildman–Crippen LogP) is 4.12. The second-order valence-electron chi connectivity index (χ2n) is 5.24. The van der Waals surface area contributed by atoms with E-state index in [0.29, 0.717) is 6.42 Å². The minimum Gasteiger partial charge on any atom is -0.491 e. The molecule has 2 aromatic rings. The van der Waals surface area contributed by atoms with Gasteiger partial charge in [0.25, 0.3) is 0 Å². The third kappa shape index (κ3) is 2.86. The van der Waals surface area contributed by atoms with E-state index in [0.717, 1.165) is 16.9 Å². The van der Waals surface area contributed by atoms with Gasteiger partial charge in [-0.2, -0.15) is 0 Å². The molecular weight excluding hydrogens is 248 g/mol. The Labute approximate surface area is 121 Å². The molecule has 0 aliphatic heterocycles. The third-order valence-electron chi connectivity index (χ3n) is 3.46. The van der Waals surface area contributed by atoms with Crippen molar-refractivity contribution in [2.24, 2.45) is 0 Å². The molecule has 0 aromatic heterocycles. The van der Waals surface area contributed by atoms with Crippen molar-refractivity contribution in [3.8, 4) is 5.75 Å². The lowest BCUT2D eigenvalue weighted by molar-refractivity contribution is 0.0713. The molecule has 0 spiro atoms. The van der Waals surface area contributed by atoms with Crippen molar-refractivity contribution in [3.05, 3.63) is 65.7 Å². The first kappa shape index (κ1) is 14.6. The van der Waals surface area contributed by atoms with Gasteiger partial charge in [0, 0.05) is 5.56 Å². The lowest BCUT2D eigenvalue weighted by Gasteiger charge is -2.30. The molecule has 2 aromatic carbocycles. The number of rotatable bonds is 5. The number of aliphatic hydroxyl groups is 1. The topological polar surface area (TPSA) is 29.5 Å². The lowest BCUT2D eigenvalue weighted by atomic mass is 9.83. The highest BCUT2D eigenvalue weighted by atomic mass is 16.5. The predicted molar refractivity (Wildman–Crippen MR) is 81.9 cm³/mol. The number of hydrogen-bond acceptors (Lipinski definition) is 2. The Balaban J connectivity index is 2.52. The van der Waals surface area contributed by atoms with E-state index < -0.39 is 5.60 Å². The molecule has 0 saturated carbocycles. The van der Waals surface area contributed by atoms with E-state index in [1.807, 2.05) is 75.4 Å². The maximum Gasteiger partial charge on any atom is 0.126 e. The van der Waals surface area contributed by atoms with Crippen molar-refractivity contribution in [1.29, 1.82) is 0 Å². The molecule has 2 nitrogen and oxygen atoms in total. The van der Waals surface area contributed by atoms with E-state index in [9.17, 15) is 5.11 Å². The van der Waals surface area contributed by atoms with Gasteiger partial charge in [-0.05, 0) is 31.9 Å². The molecule has 0 fully saturated rings. The summed E-state index contributed by atoms with van der Waals surface area (Å²) in [6, 6.07) is 17.5. The van der Waals surface area contributed by atoms with Crippen molar-refractivity contribution in [2.75, 3.05) is 0 Å². The van der Waals surface area contributed by atoms with Gasteiger partial charge in [-0.15, -0.1) is 0 Å². The average Bonchev–Trinajstić information content (AvgIpc) is 2.47. The first-order valence-corrected chi connectivity index (χ1v) is 7.12. The maximum absolute atomic E-state index is 11.2. The van der Waals surface area contributed by atoms with Crippen LogP contribution in [0.15, 0.2) is 54.6 Å². The smallest absolute Gasteiger partial charge is 0.126 e. The van der Waals surface area contributed by atoms with E-state index in [-0.39, 0.29) is 6.10 Å². The van der Waals surface area contributed by atoms with Crippen LogP contribution in [0, 0.1) is 0 Å². The Morgan fingerprint density at radius 3 is 2.20 bits per heavy atom. The fraction of sp³-hybridized carbons (Fsp3) is 0.333. The molecule has 0 radical (unpaired) electrons. The highest BCUT2D eigenvalue weighted by molar-refractivity contribution is 5.44. The van der Waals surface area contributed by atoms with Gasteiger partial charge in [0.15, 0.2) is 0 Å². The van der Waals surface area contributed by atoms with Crippen molar-refractivity contribution in [1.82, 2.24) is 0 Å². The molecule has 1 N–H and O–H groups in total. The summed E-state index contributed by atoms with van der Waals surface area (Å²) in [5.41, 5.74) is 0.692. The van der Waals surface area contributed by atoms with Crippen LogP contribution in [0.5, 0.6) is 5.75 Å². The van der Waals surface area contributed by atoms with Gasteiger partial charge in [-0.25, -0.2) is 0 Å². The maximum atomic E-state index is 11.2. The zero-order valence-corrected chi connectivity index (χ0v) is 12.3. The van der Waals surface area contributed by atoms with E-state index in [1.54, 1.807) is 0 Å². The molecule has 106 valence electrons. The summed E-state index contributed by atoms with van der Waals surface area (Å²) in [7, 11) is 0. The highest BCUT2D eigenvalue weighted by Gasteiger charge is 2.32. The molecule has 1 unspecified atom stereocenters. The SMILES string of the molecule is CCC(O)(c1ccccc1)c1ccccc1OC(C)C. The van der Waals surface area contributed by atoms with Crippen molar-refractivity contribution in [2.45, 2.75) is 38.9 Å². The van der Waals surface area contributed by atoms with Gasteiger partial charge in [-0.3, -0.25) is 0 Å². The highest BCUT2D eigenvalue weighted by Crippen LogP contribution is 2.38. The van der Waals surface area contributed by atoms with Gasteiger partial charge < -0.3 is 9.84 Å². The molecule has 0 heterocycles. The van der Waals surface area contributed by atoms with E-state index in [2.05, 4.69) is 0 Å². The van der Waals surface area contributed by atoms with Crippen LogP contribution in [-0.2, 0) is 5.60 Å². The number of para-hydroxylation sites is 1. The van der Waals surface area contributed by atoms with Gasteiger partial charge >= 0.3 is 0 Å². The van der Waals surface area contributed by atoms with Crippen molar-refractivity contribution >= 4 is 0 Å². The molecule has 0 amide bonds. The Bertz CT molecular complexity index is 548. The summed E-state index contributed by atoms with van der Waals surface area (Å²) in [4.78, 5) is 0. The Morgan fingerprint density at radius 1 is 1.00 bits per heavy atom. The minimum atomic E-state index is -1.02. The quantitative estimate of drug-likeness (QED) is 0.885. The summed E-state index contributed by atoms with van der Waals surface area (Å²) >= 11 is 0. The van der Waals surface area contributed by atoms with Crippen molar-refractivity contribution in [3.63, 3.8) is 0 Å². The van der Waals surface area contributed by atoms with Crippen LogP contribution in [-0.4, -0.2) is 11.2 Å². The molecule has 2 rings (SSSR count). The molecule has 0 bridgehead atoms. The molecular formula is C18H22O2. The molecule has 0 aliphatic carbocycles. The summed E-state index contributed by atoms with van der Waals surface area (Å²) in [6.45, 7) is 5.97. The number of benzene rings is 2. The second-order valence-corrected chi connectivity index (χ2v) is 5.24. The van der Waals surface area contributed by atoms with Crippen LogP contribution < -0.4 is 4.74 Å². The van der Waals surface area contributed by atoms with Crippen LogP contribution in [0.4, 0.5) is 0 Å². The summed E-state index contributed by atoms with van der Waals surface area (Å²) in [5, 5.41) is 11.2. The van der Waals surface area contributed by atoms with Gasteiger partial charge in [0.1, 0.15) is 11.4 Å². The fourth-order valence-corrected chi connectivity index (χ4v) is 2.43. The van der Waals surface area contributed by atoms with Crippen LogP contribution in [0.25, 0.3) is 0 Å². The standard InChI is InChI=1S/C18H22O2/c1-4-18(19,15-10-6-5-7-11-15)16-12-8-9-13-17(16)20-14(2)3/h5-14,19H,4H2,1-3H3. The average molecular weight is 270 g/mol. The summed E-state index contributed by atoms with van der Waals surface area (Å²) in [5.74, 6) is 0.746. The van der Waals surface area contributed by atoms with Gasteiger partial charge in [0.2, 0.25) is 0 Å². The molecule has 2 heteroatoms. The first-order valence-electron chi connectivity index (χ1n) is 7.12. The Hall–Kier alpha value is -1.80. The first-order chi connectivity index (χ1) is 9.58. The van der Waals surface area contributed by atoms with E-state index in [1.165, 1.54) is 0 Å². The van der Waals surface area contributed by atoms with Gasteiger partial charge in [-0.1, -0.05) is 55.5 Å². The Kier molecular flexibility index (Phi) is 4.46. The normalized spacial score (nSPS) is 14.1. The molecule has 0 saturated heterocycles. The molecule has 20 heavy (non-hydrogen) atoms. The molecule has 0 aliphatic rings. The lowest BCUT2D eigenvalue weighted by Crippen LogP contribution is -2.27. The van der Waals surface area contributed by atoms with Crippen molar-refractivity contribution < 1.29 is 9.84 Å². The number of ether oxygens (including phenoxy) is 1. The third-order valence-corrected chi connectivity index (χ3v) is 3.46. The van der Waals surface area contributed by atoms with Crippen LogP contribution in [0.1, 0.15) is 38.3 Å². The summed E-state index contributed by atoms with van der Waals surface area (Å²) in [6.07, 6.45) is 0.670. The zero-order valence-electron chi connectivity index (χ0n) is 12.3.